The fraction of sp³-hybridized carbons (Fsp3) is 0.0625. The van der Waals surface area contributed by atoms with Gasteiger partial charge in [0, 0.05) is 11.6 Å². The van der Waals surface area contributed by atoms with Crippen molar-refractivity contribution in [1.82, 2.24) is 0 Å². The van der Waals surface area contributed by atoms with E-state index in [1.54, 1.807) is 18.2 Å². The second-order valence-corrected chi connectivity index (χ2v) is 4.10. The molecular formula is C16H10N2O3. The van der Waals surface area contributed by atoms with E-state index in [-0.39, 0.29) is 5.56 Å². The van der Waals surface area contributed by atoms with Crippen LogP contribution >= 0.6 is 0 Å². The van der Waals surface area contributed by atoms with Gasteiger partial charge in [-0.15, -0.1) is 0 Å². The lowest BCUT2D eigenvalue weighted by Crippen LogP contribution is -1.92. The Morgan fingerprint density at radius 1 is 1.05 bits per heavy atom. The largest absolute Gasteiger partial charge is 0.497 e. The summed E-state index contributed by atoms with van der Waals surface area (Å²) >= 11 is 0. The third kappa shape index (κ3) is 3.17. The van der Waals surface area contributed by atoms with Crippen molar-refractivity contribution in [3.8, 4) is 29.4 Å². The zero-order valence-electron chi connectivity index (χ0n) is 11.2. The number of aldehydes is 1. The molecule has 0 aromatic heterocycles. The Morgan fingerprint density at radius 3 is 2.43 bits per heavy atom. The quantitative estimate of drug-likeness (QED) is 0.802. The molecule has 0 amide bonds. The first kappa shape index (κ1) is 14.1. The Bertz CT molecular complexity index is 770. The van der Waals surface area contributed by atoms with Crippen LogP contribution in [0.1, 0.15) is 21.5 Å². The van der Waals surface area contributed by atoms with Gasteiger partial charge < -0.3 is 9.47 Å². The van der Waals surface area contributed by atoms with Gasteiger partial charge in [-0.1, -0.05) is 0 Å². The van der Waals surface area contributed by atoms with Crippen LogP contribution in [0, 0.1) is 22.7 Å². The molecule has 0 bridgehead atoms. The predicted molar refractivity (Wildman–Crippen MR) is 74.3 cm³/mol. The summed E-state index contributed by atoms with van der Waals surface area (Å²) in [5.74, 6) is 1.16. The second-order valence-electron chi connectivity index (χ2n) is 4.10. The molecule has 0 aliphatic carbocycles. The molecule has 0 aliphatic heterocycles. The molecule has 102 valence electrons. The van der Waals surface area contributed by atoms with Gasteiger partial charge in [0.05, 0.1) is 24.3 Å². The average Bonchev–Trinajstić information content (AvgIpc) is 2.54. The van der Waals surface area contributed by atoms with Gasteiger partial charge in [-0.3, -0.25) is 4.79 Å². The highest BCUT2D eigenvalue weighted by Gasteiger charge is 2.08. The first-order valence-electron chi connectivity index (χ1n) is 5.96. The van der Waals surface area contributed by atoms with E-state index >= 15 is 0 Å². The first-order valence-corrected chi connectivity index (χ1v) is 5.96. The Kier molecular flexibility index (Phi) is 4.18. The summed E-state index contributed by atoms with van der Waals surface area (Å²) in [6, 6.07) is 13.2. The fourth-order valence-corrected chi connectivity index (χ4v) is 1.74. The number of carbonyl (C=O) groups is 1. The lowest BCUT2D eigenvalue weighted by atomic mass is 10.1. The molecule has 5 heteroatoms. The minimum absolute atomic E-state index is 0.237. The minimum atomic E-state index is 0.237. The maximum absolute atomic E-state index is 10.7. The summed E-state index contributed by atoms with van der Waals surface area (Å²) in [7, 11) is 1.49. The van der Waals surface area contributed by atoms with E-state index in [4.69, 9.17) is 20.0 Å². The molecule has 0 atom stereocenters. The Balaban J connectivity index is 2.41. The Hall–Kier alpha value is -3.31. The van der Waals surface area contributed by atoms with Gasteiger partial charge in [0.2, 0.25) is 0 Å². The third-order valence-electron chi connectivity index (χ3n) is 2.73. The number of nitrogens with zero attached hydrogens (tertiary/aromatic N) is 2. The number of hydrogen-bond acceptors (Lipinski definition) is 5. The van der Waals surface area contributed by atoms with Gasteiger partial charge in [-0.05, 0) is 30.3 Å². The molecule has 0 spiro atoms. The highest BCUT2D eigenvalue weighted by molar-refractivity contribution is 5.76. The zero-order valence-corrected chi connectivity index (χ0v) is 11.2. The van der Waals surface area contributed by atoms with Crippen molar-refractivity contribution in [2.45, 2.75) is 0 Å². The van der Waals surface area contributed by atoms with E-state index in [0.29, 0.717) is 34.7 Å². The molecular weight excluding hydrogens is 268 g/mol. The predicted octanol–water partition coefficient (Wildman–Crippen LogP) is 3.04. The number of rotatable bonds is 4. The number of nitriles is 2. The number of benzene rings is 2. The Labute approximate surface area is 121 Å². The van der Waals surface area contributed by atoms with E-state index < -0.39 is 0 Å². The monoisotopic (exact) mass is 278 g/mol. The van der Waals surface area contributed by atoms with E-state index in [1.807, 2.05) is 12.1 Å². The molecule has 21 heavy (non-hydrogen) atoms. The van der Waals surface area contributed by atoms with Crippen LogP contribution in [-0.2, 0) is 0 Å². The van der Waals surface area contributed by atoms with Crippen molar-refractivity contribution < 1.29 is 14.3 Å². The normalized spacial score (nSPS) is 9.29. The van der Waals surface area contributed by atoms with Crippen molar-refractivity contribution in [2.75, 3.05) is 7.11 Å². The molecule has 2 aromatic carbocycles. The van der Waals surface area contributed by atoms with Crippen molar-refractivity contribution in [3.05, 3.63) is 53.1 Å². The van der Waals surface area contributed by atoms with Gasteiger partial charge in [0.1, 0.15) is 29.6 Å². The molecule has 0 heterocycles. The summed E-state index contributed by atoms with van der Waals surface area (Å²) in [5.41, 5.74) is 1.01. The molecule has 0 radical (unpaired) electrons. The van der Waals surface area contributed by atoms with Crippen LogP contribution < -0.4 is 9.47 Å². The maximum atomic E-state index is 10.7. The van der Waals surface area contributed by atoms with Crippen molar-refractivity contribution in [2.24, 2.45) is 0 Å². The highest BCUT2D eigenvalue weighted by atomic mass is 16.5. The highest BCUT2D eigenvalue weighted by Crippen LogP contribution is 2.29. The lowest BCUT2D eigenvalue weighted by Gasteiger charge is -2.09. The standard InChI is InChI=1S/C16H10N2O3/c1-20-14-5-12(8-17)6-15(7-14)21-16-3-2-11(10-19)4-13(16)9-18/h2-7,10H,1H3. The van der Waals surface area contributed by atoms with E-state index in [2.05, 4.69) is 0 Å². The summed E-state index contributed by atoms with van der Waals surface area (Å²) < 4.78 is 10.7. The molecule has 0 aliphatic rings. The molecule has 0 fully saturated rings. The van der Waals surface area contributed by atoms with Crippen LogP contribution in [0.25, 0.3) is 0 Å². The van der Waals surface area contributed by atoms with Gasteiger partial charge in [0.25, 0.3) is 0 Å². The van der Waals surface area contributed by atoms with Crippen LogP contribution in [0.3, 0.4) is 0 Å². The number of ether oxygens (including phenoxy) is 2. The number of carbonyl (C=O) groups excluding carboxylic acids is 1. The molecule has 0 saturated heterocycles. The molecule has 0 unspecified atom stereocenters. The van der Waals surface area contributed by atoms with Gasteiger partial charge >= 0.3 is 0 Å². The molecule has 2 rings (SSSR count). The van der Waals surface area contributed by atoms with Crippen molar-refractivity contribution in [3.63, 3.8) is 0 Å². The summed E-state index contributed by atoms with van der Waals surface area (Å²) in [6.45, 7) is 0. The Morgan fingerprint density at radius 2 is 1.81 bits per heavy atom. The van der Waals surface area contributed by atoms with Gasteiger partial charge in [-0.25, -0.2) is 0 Å². The SMILES string of the molecule is COc1cc(C#N)cc(Oc2ccc(C=O)cc2C#N)c1. The van der Waals surface area contributed by atoms with Gasteiger partial charge in [0.15, 0.2) is 0 Å². The summed E-state index contributed by atoms with van der Waals surface area (Å²) in [6.07, 6.45) is 0.657. The second kappa shape index (κ2) is 6.23. The summed E-state index contributed by atoms with van der Waals surface area (Å²) in [4.78, 5) is 10.7. The van der Waals surface area contributed by atoms with Gasteiger partial charge in [-0.2, -0.15) is 10.5 Å². The number of methoxy groups -OCH3 is 1. The minimum Gasteiger partial charge on any atom is -0.497 e. The van der Waals surface area contributed by atoms with Crippen LogP contribution in [-0.4, -0.2) is 13.4 Å². The van der Waals surface area contributed by atoms with Crippen molar-refractivity contribution >= 4 is 6.29 Å². The molecule has 0 N–H and O–H groups in total. The third-order valence-corrected chi connectivity index (χ3v) is 2.73. The molecule has 0 saturated carbocycles. The van der Waals surface area contributed by atoms with Crippen LogP contribution in [0.4, 0.5) is 0 Å². The van der Waals surface area contributed by atoms with Crippen LogP contribution in [0.5, 0.6) is 17.2 Å². The van der Waals surface area contributed by atoms with Crippen LogP contribution in [0.15, 0.2) is 36.4 Å². The van der Waals surface area contributed by atoms with E-state index in [0.717, 1.165) is 0 Å². The molecule has 2 aromatic rings. The fourth-order valence-electron chi connectivity index (χ4n) is 1.74. The topological polar surface area (TPSA) is 83.1 Å². The van der Waals surface area contributed by atoms with Crippen molar-refractivity contribution in [1.29, 1.82) is 10.5 Å². The van der Waals surface area contributed by atoms with Crippen LogP contribution in [0.2, 0.25) is 0 Å². The average molecular weight is 278 g/mol. The van der Waals surface area contributed by atoms with E-state index in [1.165, 1.54) is 25.3 Å². The van der Waals surface area contributed by atoms with E-state index in [9.17, 15) is 4.79 Å². The smallest absolute Gasteiger partial charge is 0.150 e. The molecule has 5 nitrogen and oxygen atoms in total. The maximum Gasteiger partial charge on any atom is 0.150 e. The first-order chi connectivity index (χ1) is 10.2. The lowest BCUT2D eigenvalue weighted by molar-refractivity contribution is 0.112. The summed E-state index contributed by atoms with van der Waals surface area (Å²) in [5, 5.41) is 18.1. The zero-order chi connectivity index (χ0) is 15.2. The number of hydrogen-bond donors (Lipinski definition) is 0.